The molecule has 0 spiro atoms. The number of hydrogen-bond acceptors (Lipinski definition) is 9. The molecule has 230 valence electrons. The normalized spacial score (nSPS) is 17.5. The Morgan fingerprint density at radius 2 is 1.86 bits per heavy atom. The predicted molar refractivity (Wildman–Crippen MR) is 179 cm³/mol. The maximum absolute atomic E-state index is 10.7. The average Bonchev–Trinajstić information content (AvgIpc) is 3.39. The Hall–Kier alpha value is -3.80. The summed E-state index contributed by atoms with van der Waals surface area (Å²) < 4.78 is 0. The van der Waals surface area contributed by atoms with Crippen molar-refractivity contribution >= 4 is 37.1 Å². The molecule has 0 bridgehead atoms. The van der Waals surface area contributed by atoms with Gasteiger partial charge in [0.1, 0.15) is 5.03 Å². The monoisotopic (exact) mass is 612 g/mol. The molecule has 3 aromatic rings. The van der Waals surface area contributed by atoms with Crippen molar-refractivity contribution in [2.75, 3.05) is 11.9 Å². The summed E-state index contributed by atoms with van der Waals surface area (Å²) in [5, 5.41) is 22.2. The van der Waals surface area contributed by atoms with Crippen molar-refractivity contribution in [1.29, 1.82) is 0 Å². The van der Waals surface area contributed by atoms with Crippen LogP contribution >= 0.6 is 11.8 Å². The van der Waals surface area contributed by atoms with Crippen LogP contribution in [-0.2, 0) is 24.3 Å². The number of nitrogens with one attached hydrogen (secondary N) is 1. The molecular formula is C33H41BN6O3S. The Kier molecular flexibility index (Phi) is 13.2. The van der Waals surface area contributed by atoms with E-state index in [9.17, 15) is 5.02 Å². The molecule has 9 nitrogen and oxygen atoms in total. The first-order chi connectivity index (χ1) is 21.5. The number of carboxylic acid groups (broad SMARTS) is 1. The van der Waals surface area contributed by atoms with Gasteiger partial charge < -0.3 is 15.4 Å². The minimum Gasteiger partial charge on any atom is -0.483 e. The van der Waals surface area contributed by atoms with E-state index < -0.39 is 0 Å². The van der Waals surface area contributed by atoms with Gasteiger partial charge in [-0.2, -0.15) is 0 Å². The van der Waals surface area contributed by atoms with E-state index in [2.05, 4.69) is 63.0 Å². The summed E-state index contributed by atoms with van der Waals surface area (Å²) in [6.07, 6.45) is 15.7. The molecule has 1 saturated heterocycles. The highest BCUT2D eigenvalue weighted by Crippen LogP contribution is 2.41. The molecule has 0 amide bonds. The van der Waals surface area contributed by atoms with Crippen LogP contribution < -0.4 is 5.32 Å². The van der Waals surface area contributed by atoms with E-state index in [1.165, 1.54) is 0 Å². The topological polar surface area (TPSA) is 124 Å². The summed E-state index contributed by atoms with van der Waals surface area (Å²) in [6.45, 7) is 8.12. The number of aliphatic imine (C=N–C) groups is 1. The summed E-state index contributed by atoms with van der Waals surface area (Å²) in [7, 11) is 0. The fourth-order valence-electron chi connectivity index (χ4n) is 5.47. The van der Waals surface area contributed by atoms with Gasteiger partial charge in [0, 0.05) is 61.7 Å². The zero-order valence-corrected chi connectivity index (χ0v) is 26.1. The zero-order chi connectivity index (χ0) is 31.1. The zero-order valence-electron chi connectivity index (χ0n) is 25.3. The molecule has 3 N–H and O–H groups in total. The van der Waals surface area contributed by atoms with Crippen LogP contribution in [0.25, 0.3) is 0 Å². The lowest BCUT2D eigenvalue weighted by Gasteiger charge is -2.22. The molecule has 0 saturated carbocycles. The van der Waals surface area contributed by atoms with Crippen molar-refractivity contribution < 1.29 is 14.9 Å². The molecule has 5 rings (SSSR count). The first-order valence-corrected chi connectivity index (χ1v) is 16.0. The number of rotatable bonds is 13. The number of carbonyl (C=O) groups is 1. The van der Waals surface area contributed by atoms with Crippen LogP contribution in [0.15, 0.2) is 95.1 Å². The predicted octanol–water partition coefficient (Wildman–Crippen LogP) is 6.05. The molecule has 3 aromatic heterocycles. The lowest BCUT2D eigenvalue weighted by atomic mass is 9.57. The third-order valence-corrected chi connectivity index (χ3v) is 9.04. The third-order valence-electron chi connectivity index (χ3n) is 7.68. The number of allylic oxidation sites excluding steroid dienone is 2. The standard InChI is InChI=1S/C32H39BN6OS.CH2O2/c1-3-26-13-15-31(33(26)40)41-32-30(11-8-18-36-32)38-24(2)19-25-12-14-29(37-20-25)23-39(21-27-9-4-6-16-34-27)22-28-10-5-7-17-35-28;2-1-3/h4,6,8-12,14,16-18,20,26,31,38,40H,2-3,5,7,13,15,19,21-23H2,1H3;1H,(H,2,3). The van der Waals surface area contributed by atoms with Gasteiger partial charge in [0.15, 0.2) is 0 Å². The Morgan fingerprint density at radius 3 is 2.52 bits per heavy atom. The molecule has 2 aliphatic heterocycles. The molecule has 2 unspecified atom stereocenters. The van der Waals surface area contributed by atoms with Gasteiger partial charge in [-0.25, -0.2) is 4.98 Å². The Morgan fingerprint density at radius 1 is 1.07 bits per heavy atom. The molecule has 11 heteroatoms. The van der Waals surface area contributed by atoms with Gasteiger partial charge in [-0.1, -0.05) is 44.6 Å². The number of thioether (sulfide) groups is 1. The van der Waals surface area contributed by atoms with E-state index in [1.807, 2.05) is 49.1 Å². The van der Waals surface area contributed by atoms with Crippen LogP contribution in [0, 0.1) is 0 Å². The Balaban J connectivity index is 0.00000141. The summed E-state index contributed by atoms with van der Waals surface area (Å²) in [4.78, 5) is 29.2. The highest BCUT2D eigenvalue weighted by molar-refractivity contribution is 8.01. The van der Waals surface area contributed by atoms with Gasteiger partial charge in [-0.3, -0.25) is 24.7 Å². The van der Waals surface area contributed by atoms with Crippen LogP contribution in [0.2, 0.25) is 5.82 Å². The molecule has 44 heavy (non-hydrogen) atoms. The fourth-order valence-corrected chi connectivity index (χ4v) is 6.74. The summed E-state index contributed by atoms with van der Waals surface area (Å²) >= 11 is 1.67. The van der Waals surface area contributed by atoms with Crippen molar-refractivity contribution in [2.45, 2.75) is 74.5 Å². The molecule has 2 aliphatic rings. The van der Waals surface area contributed by atoms with E-state index in [-0.39, 0.29) is 18.5 Å². The van der Waals surface area contributed by atoms with Crippen LogP contribution in [0.5, 0.6) is 0 Å². The van der Waals surface area contributed by atoms with Crippen LogP contribution in [0.3, 0.4) is 0 Å². The molecule has 0 aliphatic carbocycles. The second kappa shape index (κ2) is 17.5. The van der Waals surface area contributed by atoms with Gasteiger partial charge in [-0.05, 0) is 61.0 Å². The van der Waals surface area contributed by atoms with Gasteiger partial charge in [0.2, 0.25) is 0 Å². The third kappa shape index (κ3) is 10.1. The van der Waals surface area contributed by atoms with Crippen molar-refractivity contribution in [3.63, 3.8) is 0 Å². The van der Waals surface area contributed by atoms with Crippen LogP contribution in [0.4, 0.5) is 5.69 Å². The van der Waals surface area contributed by atoms with Crippen LogP contribution in [0.1, 0.15) is 56.0 Å². The summed E-state index contributed by atoms with van der Waals surface area (Å²) in [5.74, 6) is 0.387. The largest absolute Gasteiger partial charge is 0.483 e. The highest BCUT2D eigenvalue weighted by atomic mass is 32.2. The Labute approximate surface area is 264 Å². The SMILES string of the molecule is C=C(Cc1ccc(CN(CC2=CCCC=N2)Cc2ccccn2)nc1)Nc1cccnc1SC1CCC(CC)B1O.O=CO. The van der Waals surface area contributed by atoms with Crippen molar-refractivity contribution in [3.8, 4) is 0 Å². The minimum absolute atomic E-state index is 0.179. The molecular weight excluding hydrogens is 571 g/mol. The molecule has 0 aromatic carbocycles. The van der Waals surface area contributed by atoms with Gasteiger partial charge in [-0.15, -0.1) is 11.8 Å². The number of pyridine rings is 3. The van der Waals surface area contributed by atoms with E-state index in [0.717, 1.165) is 84.3 Å². The number of hydrogen-bond donors (Lipinski definition) is 3. The second-order valence-electron chi connectivity index (χ2n) is 11.0. The molecule has 0 radical (unpaired) electrons. The first kappa shape index (κ1) is 33.1. The highest BCUT2D eigenvalue weighted by Gasteiger charge is 2.39. The average molecular weight is 613 g/mol. The quantitative estimate of drug-likeness (QED) is 0.156. The smallest absolute Gasteiger partial charge is 0.305 e. The first-order valence-electron chi connectivity index (χ1n) is 15.1. The van der Waals surface area contributed by atoms with Gasteiger partial charge in [0.25, 0.3) is 6.47 Å². The Bertz CT molecular complexity index is 1410. The molecule has 5 heterocycles. The van der Waals surface area contributed by atoms with Crippen LogP contribution in [-0.4, -0.2) is 61.3 Å². The molecule has 2 atom stereocenters. The van der Waals surface area contributed by atoms with E-state index in [4.69, 9.17) is 14.9 Å². The van der Waals surface area contributed by atoms with Gasteiger partial charge >= 0.3 is 6.92 Å². The summed E-state index contributed by atoms with van der Waals surface area (Å²) in [5.41, 5.74) is 6.06. The number of aromatic nitrogens is 3. The minimum atomic E-state index is -0.278. The van der Waals surface area contributed by atoms with E-state index in [0.29, 0.717) is 18.8 Å². The summed E-state index contributed by atoms with van der Waals surface area (Å²) in [6, 6.07) is 14.2. The number of anilines is 1. The van der Waals surface area contributed by atoms with Gasteiger partial charge in [0.05, 0.1) is 22.8 Å². The lowest BCUT2D eigenvalue weighted by molar-refractivity contribution is -0.122. The number of nitrogens with zero attached hydrogens (tertiary/aromatic N) is 5. The van der Waals surface area contributed by atoms with E-state index in [1.54, 1.807) is 11.8 Å². The van der Waals surface area contributed by atoms with E-state index >= 15 is 0 Å². The van der Waals surface area contributed by atoms with Crippen molar-refractivity contribution in [3.05, 3.63) is 102 Å². The maximum atomic E-state index is 10.7. The second-order valence-corrected chi connectivity index (χ2v) is 12.2. The maximum Gasteiger partial charge on any atom is 0.305 e. The lowest BCUT2D eigenvalue weighted by Crippen LogP contribution is -2.26. The van der Waals surface area contributed by atoms with Crippen molar-refractivity contribution in [1.82, 2.24) is 19.9 Å². The van der Waals surface area contributed by atoms with Crippen molar-refractivity contribution in [2.24, 2.45) is 4.99 Å². The molecule has 1 fully saturated rings. The fraction of sp³-hybridized carbons (Fsp3) is 0.364.